The van der Waals surface area contributed by atoms with E-state index in [1.54, 1.807) is 4.90 Å². The first-order chi connectivity index (χ1) is 14.3. The van der Waals surface area contributed by atoms with Gasteiger partial charge in [0.25, 0.3) is 0 Å². The smallest absolute Gasteiger partial charge is 0.390 e. The largest absolute Gasteiger partial charge is 0.416 e. The van der Waals surface area contributed by atoms with Crippen molar-refractivity contribution >= 4 is 11.6 Å². The van der Waals surface area contributed by atoms with Crippen LogP contribution in [0.3, 0.4) is 0 Å². The summed E-state index contributed by atoms with van der Waals surface area (Å²) < 4.78 is 38.4. The molecule has 0 bridgehead atoms. The molecule has 0 radical (unpaired) electrons. The zero-order valence-corrected chi connectivity index (χ0v) is 16.7. The van der Waals surface area contributed by atoms with Crippen molar-refractivity contribution in [2.24, 2.45) is 11.1 Å². The van der Waals surface area contributed by atoms with E-state index in [1.807, 2.05) is 31.2 Å². The lowest BCUT2D eigenvalue weighted by Crippen LogP contribution is -2.38. The number of amides is 1. The molecule has 1 amide bonds. The summed E-state index contributed by atoms with van der Waals surface area (Å²) in [5, 5.41) is 4.19. The highest BCUT2D eigenvalue weighted by Gasteiger charge is 2.36. The average molecular weight is 416 g/mol. The van der Waals surface area contributed by atoms with Crippen LogP contribution >= 0.6 is 0 Å². The molecule has 0 spiro atoms. The minimum absolute atomic E-state index is 0.0124. The zero-order valence-electron chi connectivity index (χ0n) is 16.7. The number of carbonyl (C=O) groups is 1. The number of benzene rings is 2. The van der Waals surface area contributed by atoms with Crippen molar-refractivity contribution in [3.05, 3.63) is 70.8 Å². The Balaban J connectivity index is 1.42. The fourth-order valence-corrected chi connectivity index (χ4v) is 3.53. The van der Waals surface area contributed by atoms with Crippen molar-refractivity contribution < 1.29 is 22.8 Å². The van der Waals surface area contributed by atoms with Crippen LogP contribution in [-0.2, 0) is 22.4 Å². The van der Waals surface area contributed by atoms with E-state index in [-0.39, 0.29) is 24.5 Å². The molecule has 0 aromatic heterocycles. The molecule has 0 saturated heterocycles. The monoisotopic (exact) mass is 416 g/mol. The van der Waals surface area contributed by atoms with Crippen molar-refractivity contribution in [3.63, 3.8) is 0 Å². The van der Waals surface area contributed by atoms with Crippen LogP contribution in [0.25, 0.3) is 0 Å². The number of oxime groups is 1. The minimum Gasteiger partial charge on any atom is -0.390 e. The van der Waals surface area contributed by atoms with Crippen LogP contribution in [0.5, 0.6) is 0 Å². The average Bonchev–Trinajstić information content (AvgIpc) is 3.46. The van der Waals surface area contributed by atoms with Crippen molar-refractivity contribution in [1.29, 1.82) is 0 Å². The maximum atomic E-state index is 12.8. The molecule has 1 aliphatic carbocycles. The third kappa shape index (κ3) is 4.83. The number of carbonyl (C=O) groups excluding carboxylic acids is 1. The molecule has 2 aliphatic rings. The Bertz CT molecular complexity index is 932. The topological polar surface area (TPSA) is 41.9 Å². The molecule has 4 rings (SSSR count). The highest BCUT2D eigenvalue weighted by atomic mass is 19.4. The standard InChI is InChI=1S/C23H23F3N2O2/c1-15-2-6-17(7-3-15)21-12-20(30-27-21)14-28(22(29)18-8-9-18)13-16-4-10-19(11-5-16)23(24,25)26/h2-7,10-11,18,20H,8-9,12-14H2,1H3/t20-/m0/s1. The molecular weight excluding hydrogens is 393 g/mol. The number of nitrogens with zero attached hydrogens (tertiary/aromatic N) is 2. The van der Waals surface area contributed by atoms with Gasteiger partial charge < -0.3 is 9.74 Å². The molecule has 2 aromatic rings. The number of rotatable bonds is 6. The van der Waals surface area contributed by atoms with E-state index in [4.69, 9.17) is 4.84 Å². The third-order valence-electron chi connectivity index (χ3n) is 5.43. The lowest BCUT2D eigenvalue weighted by molar-refractivity contribution is -0.138. The van der Waals surface area contributed by atoms with E-state index in [1.165, 1.54) is 12.1 Å². The third-order valence-corrected chi connectivity index (χ3v) is 5.43. The van der Waals surface area contributed by atoms with E-state index < -0.39 is 11.7 Å². The Morgan fingerprint density at radius 3 is 2.37 bits per heavy atom. The molecular formula is C23H23F3N2O2. The van der Waals surface area contributed by atoms with Crippen molar-refractivity contribution in [2.75, 3.05) is 6.54 Å². The van der Waals surface area contributed by atoms with E-state index in [0.29, 0.717) is 18.5 Å². The van der Waals surface area contributed by atoms with Gasteiger partial charge in [0.2, 0.25) is 5.91 Å². The molecule has 1 heterocycles. The van der Waals surface area contributed by atoms with Gasteiger partial charge in [-0.2, -0.15) is 13.2 Å². The maximum absolute atomic E-state index is 12.8. The molecule has 2 aromatic carbocycles. The molecule has 0 N–H and O–H groups in total. The Labute approximate surface area is 173 Å². The second-order valence-electron chi connectivity index (χ2n) is 8.02. The first-order valence-corrected chi connectivity index (χ1v) is 10.0. The molecule has 1 saturated carbocycles. The van der Waals surface area contributed by atoms with Gasteiger partial charge in [-0.3, -0.25) is 4.79 Å². The van der Waals surface area contributed by atoms with Crippen LogP contribution in [0, 0.1) is 12.8 Å². The van der Waals surface area contributed by atoms with Crippen LogP contribution in [0.2, 0.25) is 0 Å². The number of hydrogen-bond acceptors (Lipinski definition) is 3. The highest BCUT2D eigenvalue weighted by Crippen LogP contribution is 2.33. The van der Waals surface area contributed by atoms with Gasteiger partial charge in [0.15, 0.2) is 6.10 Å². The van der Waals surface area contributed by atoms with Gasteiger partial charge in [0, 0.05) is 18.9 Å². The van der Waals surface area contributed by atoms with Crippen LogP contribution in [0.1, 0.15) is 41.5 Å². The quantitative estimate of drug-likeness (QED) is 0.669. The first-order valence-electron chi connectivity index (χ1n) is 10.0. The van der Waals surface area contributed by atoms with E-state index in [2.05, 4.69) is 5.16 Å². The Morgan fingerprint density at radius 1 is 1.10 bits per heavy atom. The summed E-state index contributed by atoms with van der Waals surface area (Å²) >= 11 is 0. The zero-order chi connectivity index (χ0) is 21.3. The van der Waals surface area contributed by atoms with Gasteiger partial charge in [-0.25, -0.2) is 0 Å². The Kier molecular flexibility index (Phi) is 5.54. The lowest BCUT2D eigenvalue weighted by atomic mass is 10.0. The van der Waals surface area contributed by atoms with Crippen molar-refractivity contribution in [3.8, 4) is 0 Å². The fraction of sp³-hybridized carbons (Fsp3) is 0.391. The van der Waals surface area contributed by atoms with E-state index in [9.17, 15) is 18.0 Å². The maximum Gasteiger partial charge on any atom is 0.416 e. The van der Waals surface area contributed by atoms with Gasteiger partial charge >= 0.3 is 6.18 Å². The molecule has 0 unspecified atom stereocenters. The predicted octanol–water partition coefficient (Wildman–Crippen LogP) is 4.95. The van der Waals surface area contributed by atoms with Gasteiger partial charge in [-0.15, -0.1) is 0 Å². The van der Waals surface area contributed by atoms with Crippen LogP contribution in [-0.4, -0.2) is 29.2 Å². The van der Waals surface area contributed by atoms with Crippen LogP contribution < -0.4 is 0 Å². The molecule has 1 aliphatic heterocycles. The molecule has 1 atom stereocenters. The predicted molar refractivity (Wildman–Crippen MR) is 107 cm³/mol. The highest BCUT2D eigenvalue weighted by molar-refractivity contribution is 6.01. The number of aryl methyl sites for hydroxylation is 1. The molecule has 7 heteroatoms. The molecule has 158 valence electrons. The van der Waals surface area contributed by atoms with Gasteiger partial charge in [0.05, 0.1) is 17.8 Å². The SMILES string of the molecule is Cc1ccc(C2=NO[C@H](CN(Cc3ccc(C(F)(F)F)cc3)C(=O)C3CC3)C2)cc1. The number of halogens is 3. The second-order valence-corrected chi connectivity index (χ2v) is 8.02. The van der Waals surface area contributed by atoms with Crippen LogP contribution in [0.4, 0.5) is 13.2 Å². The summed E-state index contributed by atoms with van der Waals surface area (Å²) in [6.45, 7) is 2.63. The summed E-state index contributed by atoms with van der Waals surface area (Å²) in [4.78, 5) is 20.0. The fourth-order valence-electron chi connectivity index (χ4n) is 3.53. The molecule has 1 fully saturated rings. The molecule has 30 heavy (non-hydrogen) atoms. The van der Waals surface area contributed by atoms with Crippen molar-refractivity contribution in [2.45, 2.75) is 45.0 Å². The van der Waals surface area contributed by atoms with E-state index in [0.717, 1.165) is 41.8 Å². The summed E-state index contributed by atoms with van der Waals surface area (Å²) in [6, 6.07) is 13.0. The number of hydrogen-bond donors (Lipinski definition) is 0. The first kappa shape index (κ1) is 20.4. The summed E-state index contributed by atoms with van der Waals surface area (Å²) in [7, 11) is 0. The van der Waals surface area contributed by atoms with Crippen LogP contribution in [0.15, 0.2) is 53.7 Å². The summed E-state index contributed by atoms with van der Waals surface area (Å²) in [5.74, 6) is 0.0422. The Morgan fingerprint density at radius 2 is 1.77 bits per heavy atom. The number of alkyl halides is 3. The van der Waals surface area contributed by atoms with Gasteiger partial charge in [-0.05, 0) is 43.0 Å². The molecule has 4 nitrogen and oxygen atoms in total. The second kappa shape index (κ2) is 8.13. The summed E-state index contributed by atoms with van der Waals surface area (Å²) in [5.41, 5.74) is 2.96. The summed E-state index contributed by atoms with van der Waals surface area (Å²) in [6.07, 6.45) is -2.33. The minimum atomic E-state index is -4.37. The van der Waals surface area contributed by atoms with Crippen molar-refractivity contribution in [1.82, 2.24) is 4.90 Å². The lowest BCUT2D eigenvalue weighted by Gasteiger charge is -2.25. The van der Waals surface area contributed by atoms with E-state index >= 15 is 0 Å². The van der Waals surface area contributed by atoms with Gasteiger partial charge in [0.1, 0.15) is 0 Å². The van der Waals surface area contributed by atoms with Gasteiger partial charge in [-0.1, -0.05) is 47.1 Å². The Hall–Kier alpha value is -2.83. The normalized spacial score (nSPS) is 18.7.